The van der Waals surface area contributed by atoms with Gasteiger partial charge in [0.05, 0.1) is 35.5 Å². The third-order valence-corrected chi connectivity index (χ3v) is 6.09. The average Bonchev–Trinajstić information content (AvgIpc) is 3.12. The lowest BCUT2D eigenvalue weighted by Gasteiger charge is -2.17. The van der Waals surface area contributed by atoms with E-state index in [0.29, 0.717) is 27.9 Å². The fraction of sp³-hybridized carbons (Fsp3) is 0.143. The maximum Gasteiger partial charge on any atom is 0.416 e. The molecule has 3 aromatic carbocycles. The molecule has 4 rings (SSSR count). The summed E-state index contributed by atoms with van der Waals surface area (Å²) in [6.45, 7) is 1.86. The molecule has 40 heavy (non-hydrogen) atoms. The molecular formula is C28H21ClF3N3O5. The predicted molar refractivity (Wildman–Crippen MR) is 142 cm³/mol. The van der Waals surface area contributed by atoms with Crippen molar-refractivity contribution in [2.75, 3.05) is 22.1 Å². The fourth-order valence-corrected chi connectivity index (χ4v) is 4.09. The molecule has 0 bridgehead atoms. The number of para-hydroxylation sites is 1. The minimum atomic E-state index is -4.66. The first-order chi connectivity index (χ1) is 19.0. The summed E-state index contributed by atoms with van der Waals surface area (Å²) in [6.07, 6.45) is -4.70. The first-order valence-corrected chi connectivity index (χ1v) is 12.2. The van der Waals surface area contributed by atoms with Crippen LogP contribution in [0.4, 0.5) is 30.2 Å². The van der Waals surface area contributed by atoms with Crippen molar-refractivity contribution in [3.8, 4) is 0 Å². The SMILES string of the molecule is CCOC(=O)c1ccccc1NC(=O)Cc1ccc(NC2=C(Cl)C(=O)N(c3cccc(C(F)(F)F)c3)C2=O)cc1. The lowest BCUT2D eigenvalue weighted by molar-refractivity contribution is -0.137. The minimum absolute atomic E-state index is 0.0400. The van der Waals surface area contributed by atoms with E-state index in [2.05, 4.69) is 10.6 Å². The number of esters is 1. The van der Waals surface area contributed by atoms with Crippen molar-refractivity contribution in [2.24, 2.45) is 0 Å². The first kappa shape index (κ1) is 28.4. The van der Waals surface area contributed by atoms with E-state index in [9.17, 15) is 32.3 Å². The highest BCUT2D eigenvalue weighted by atomic mass is 35.5. The molecule has 206 valence electrons. The van der Waals surface area contributed by atoms with E-state index in [4.69, 9.17) is 16.3 Å². The van der Waals surface area contributed by atoms with Crippen molar-refractivity contribution in [3.63, 3.8) is 0 Å². The summed E-state index contributed by atoms with van der Waals surface area (Å²) in [5, 5.41) is 4.93. The summed E-state index contributed by atoms with van der Waals surface area (Å²) >= 11 is 6.08. The smallest absolute Gasteiger partial charge is 0.416 e. The molecule has 0 saturated heterocycles. The van der Waals surface area contributed by atoms with Crippen LogP contribution < -0.4 is 15.5 Å². The molecule has 3 amide bonds. The second-order valence-electron chi connectivity index (χ2n) is 8.50. The number of imide groups is 1. The van der Waals surface area contributed by atoms with E-state index >= 15 is 0 Å². The zero-order valence-electron chi connectivity index (χ0n) is 20.8. The lowest BCUT2D eigenvalue weighted by Crippen LogP contribution is -2.32. The van der Waals surface area contributed by atoms with Crippen molar-refractivity contribution in [3.05, 3.63) is 100 Å². The quantitative estimate of drug-likeness (QED) is 0.273. The molecule has 0 atom stereocenters. The van der Waals surface area contributed by atoms with Gasteiger partial charge >= 0.3 is 12.1 Å². The molecule has 0 aliphatic carbocycles. The van der Waals surface area contributed by atoms with Gasteiger partial charge in [-0.1, -0.05) is 41.9 Å². The van der Waals surface area contributed by atoms with Crippen LogP contribution in [0.3, 0.4) is 0 Å². The Bertz CT molecular complexity index is 1520. The Hall–Kier alpha value is -4.64. The number of alkyl halides is 3. The molecule has 0 radical (unpaired) electrons. The number of hydrogen-bond acceptors (Lipinski definition) is 6. The van der Waals surface area contributed by atoms with Crippen LogP contribution in [0.1, 0.15) is 28.4 Å². The number of anilines is 3. The van der Waals surface area contributed by atoms with E-state index in [1.165, 1.54) is 24.3 Å². The number of carbonyl (C=O) groups excluding carboxylic acids is 4. The fourth-order valence-electron chi connectivity index (χ4n) is 3.88. The van der Waals surface area contributed by atoms with Crippen LogP contribution in [-0.2, 0) is 31.7 Å². The second-order valence-corrected chi connectivity index (χ2v) is 8.87. The largest absolute Gasteiger partial charge is 0.462 e. The van der Waals surface area contributed by atoms with Crippen molar-refractivity contribution >= 4 is 52.4 Å². The van der Waals surface area contributed by atoms with Gasteiger partial charge in [0, 0.05) is 5.69 Å². The summed E-state index contributed by atoms with van der Waals surface area (Å²) in [5.74, 6) is -2.84. The zero-order valence-corrected chi connectivity index (χ0v) is 21.6. The molecule has 12 heteroatoms. The molecule has 0 fully saturated rings. The van der Waals surface area contributed by atoms with Gasteiger partial charge in [0.1, 0.15) is 10.7 Å². The summed E-state index contributed by atoms with van der Waals surface area (Å²) in [4.78, 5) is 50.8. The number of hydrogen-bond donors (Lipinski definition) is 2. The standard InChI is InChI=1S/C28H21ClF3N3O5/c1-2-40-27(39)20-8-3-4-9-21(20)34-22(36)14-16-10-12-18(13-11-16)33-24-23(29)25(37)35(26(24)38)19-7-5-6-17(15-19)28(30,31)32/h3-13,15,33H,2,14H2,1H3,(H,34,36). The van der Waals surface area contributed by atoms with Crippen LogP contribution in [0.5, 0.6) is 0 Å². The van der Waals surface area contributed by atoms with Crippen LogP contribution in [0.2, 0.25) is 0 Å². The molecule has 0 saturated carbocycles. The maximum absolute atomic E-state index is 13.1. The Balaban J connectivity index is 1.43. The number of amides is 3. The highest BCUT2D eigenvalue weighted by Gasteiger charge is 2.40. The monoisotopic (exact) mass is 571 g/mol. The third-order valence-electron chi connectivity index (χ3n) is 5.74. The molecule has 0 unspecified atom stereocenters. The van der Waals surface area contributed by atoms with Gasteiger partial charge in [-0.2, -0.15) is 13.2 Å². The Morgan fingerprint density at radius 1 is 0.950 bits per heavy atom. The highest BCUT2D eigenvalue weighted by Crippen LogP contribution is 2.35. The zero-order chi connectivity index (χ0) is 29.0. The van der Waals surface area contributed by atoms with Crippen LogP contribution >= 0.6 is 11.6 Å². The van der Waals surface area contributed by atoms with Gasteiger partial charge in [0.2, 0.25) is 5.91 Å². The van der Waals surface area contributed by atoms with E-state index in [-0.39, 0.29) is 30.0 Å². The molecular weight excluding hydrogens is 551 g/mol. The van der Waals surface area contributed by atoms with E-state index in [0.717, 1.165) is 12.1 Å². The number of nitrogens with one attached hydrogen (secondary N) is 2. The topological polar surface area (TPSA) is 105 Å². The summed E-state index contributed by atoms with van der Waals surface area (Å²) in [7, 11) is 0. The molecule has 1 aliphatic rings. The third kappa shape index (κ3) is 6.15. The van der Waals surface area contributed by atoms with Crippen molar-refractivity contribution < 1.29 is 37.1 Å². The van der Waals surface area contributed by atoms with Gasteiger partial charge in [-0.25, -0.2) is 9.69 Å². The van der Waals surface area contributed by atoms with Crippen LogP contribution in [0, 0.1) is 0 Å². The average molecular weight is 572 g/mol. The molecule has 1 aliphatic heterocycles. The van der Waals surface area contributed by atoms with Crippen LogP contribution in [-0.4, -0.2) is 30.3 Å². The van der Waals surface area contributed by atoms with Gasteiger partial charge < -0.3 is 15.4 Å². The molecule has 1 heterocycles. The van der Waals surface area contributed by atoms with E-state index < -0.39 is 40.5 Å². The summed E-state index contributed by atoms with van der Waals surface area (Å²) < 4.78 is 44.3. The van der Waals surface area contributed by atoms with Gasteiger partial charge in [-0.15, -0.1) is 0 Å². The molecule has 8 nitrogen and oxygen atoms in total. The van der Waals surface area contributed by atoms with Gasteiger partial charge in [-0.05, 0) is 55.0 Å². The molecule has 0 spiro atoms. The Morgan fingerprint density at radius 2 is 1.65 bits per heavy atom. The number of halogens is 4. The van der Waals surface area contributed by atoms with Gasteiger partial charge in [0.25, 0.3) is 11.8 Å². The maximum atomic E-state index is 13.1. The Morgan fingerprint density at radius 3 is 2.33 bits per heavy atom. The summed E-state index contributed by atoms with van der Waals surface area (Å²) in [6, 6.07) is 16.5. The molecule has 0 aromatic heterocycles. The van der Waals surface area contributed by atoms with E-state index in [1.807, 2.05) is 0 Å². The van der Waals surface area contributed by atoms with Crippen LogP contribution in [0.15, 0.2) is 83.5 Å². The van der Waals surface area contributed by atoms with Crippen molar-refractivity contribution in [1.29, 1.82) is 0 Å². The van der Waals surface area contributed by atoms with Crippen LogP contribution in [0.25, 0.3) is 0 Å². The number of benzene rings is 3. The molecule has 2 N–H and O–H groups in total. The first-order valence-electron chi connectivity index (χ1n) is 11.9. The van der Waals surface area contributed by atoms with Gasteiger partial charge in [-0.3, -0.25) is 14.4 Å². The van der Waals surface area contributed by atoms with E-state index in [1.54, 1.807) is 37.3 Å². The van der Waals surface area contributed by atoms with Crippen molar-refractivity contribution in [1.82, 2.24) is 0 Å². The van der Waals surface area contributed by atoms with Gasteiger partial charge in [0.15, 0.2) is 0 Å². The Labute approximate surface area is 231 Å². The normalized spacial score (nSPS) is 13.5. The highest BCUT2D eigenvalue weighted by molar-refractivity contribution is 6.53. The van der Waals surface area contributed by atoms with Crippen molar-refractivity contribution in [2.45, 2.75) is 19.5 Å². The number of carbonyl (C=O) groups is 4. The Kier molecular flexibility index (Phi) is 8.24. The number of nitrogens with zero attached hydrogens (tertiary/aromatic N) is 1. The minimum Gasteiger partial charge on any atom is -0.462 e. The predicted octanol–water partition coefficient (Wildman–Crippen LogP) is 5.50. The lowest BCUT2D eigenvalue weighted by atomic mass is 10.1. The second kappa shape index (κ2) is 11.6. The summed E-state index contributed by atoms with van der Waals surface area (Å²) in [5.41, 5.74) is -0.131. The number of ether oxygens (including phenoxy) is 1. The molecule has 3 aromatic rings. The number of rotatable bonds is 8.